The number of benzene rings is 1. The summed E-state index contributed by atoms with van der Waals surface area (Å²) in [5.41, 5.74) is 5.81. The SMILES string of the molecule is CNC(=O)c1cn(C)c2c(C)cc(N3CCCc4cc(-c5cnn(C)c5)c(C(F)F)cc43)nc12. The van der Waals surface area contributed by atoms with E-state index in [9.17, 15) is 13.6 Å². The number of hydrogen-bond donors (Lipinski definition) is 1. The number of rotatable bonds is 4. The lowest BCUT2D eigenvalue weighted by Crippen LogP contribution is -2.26. The van der Waals surface area contributed by atoms with E-state index in [1.54, 1.807) is 43.4 Å². The highest BCUT2D eigenvalue weighted by atomic mass is 19.3. The first-order valence-corrected chi connectivity index (χ1v) is 11.2. The summed E-state index contributed by atoms with van der Waals surface area (Å²) in [5.74, 6) is 0.437. The molecule has 0 saturated carbocycles. The molecule has 1 N–H and O–H groups in total. The molecule has 0 spiro atoms. The minimum Gasteiger partial charge on any atom is -0.355 e. The quantitative estimate of drug-likeness (QED) is 0.477. The fourth-order valence-electron chi connectivity index (χ4n) is 4.92. The van der Waals surface area contributed by atoms with Crippen LogP contribution in [-0.2, 0) is 20.5 Å². The first kappa shape index (κ1) is 22.1. The third kappa shape index (κ3) is 3.52. The van der Waals surface area contributed by atoms with Crippen molar-refractivity contribution in [3.8, 4) is 11.1 Å². The van der Waals surface area contributed by atoms with Crippen molar-refractivity contribution >= 4 is 28.4 Å². The molecule has 7 nitrogen and oxygen atoms in total. The van der Waals surface area contributed by atoms with Crippen molar-refractivity contribution in [2.24, 2.45) is 14.1 Å². The number of anilines is 2. The van der Waals surface area contributed by atoms with Gasteiger partial charge in [0.15, 0.2) is 0 Å². The van der Waals surface area contributed by atoms with Crippen LogP contribution in [0.5, 0.6) is 0 Å². The predicted octanol–water partition coefficient (Wildman–Crippen LogP) is 4.66. The molecule has 176 valence electrons. The van der Waals surface area contributed by atoms with Gasteiger partial charge in [-0.25, -0.2) is 13.8 Å². The summed E-state index contributed by atoms with van der Waals surface area (Å²) in [4.78, 5) is 19.3. The summed E-state index contributed by atoms with van der Waals surface area (Å²) in [6.45, 7) is 2.63. The Morgan fingerprint density at radius 2 is 1.97 bits per heavy atom. The van der Waals surface area contributed by atoms with Gasteiger partial charge in [0.05, 0.1) is 17.3 Å². The number of amides is 1. The second-order valence-corrected chi connectivity index (χ2v) is 8.75. The number of nitrogens with one attached hydrogen (secondary N) is 1. The van der Waals surface area contributed by atoms with Crippen LogP contribution < -0.4 is 10.2 Å². The summed E-state index contributed by atoms with van der Waals surface area (Å²) in [7, 11) is 5.24. The number of alkyl halides is 2. The maximum absolute atomic E-state index is 14.2. The molecule has 1 amide bonds. The number of hydrogen-bond acceptors (Lipinski definition) is 4. The first-order valence-electron chi connectivity index (χ1n) is 11.2. The number of pyridine rings is 1. The summed E-state index contributed by atoms with van der Waals surface area (Å²) in [5, 5.41) is 6.82. The number of aromatic nitrogens is 4. The Morgan fingerprint density at radius 3 is 2.65 bits per heavy atom. The number of halogens is 2. The van der Waals surface area contributed by atoms with Gasteiger partial charge in [0.2, 0.25) is 0 Å². The van der Waals surface area contributed by atoms with E-state index in [1.165, 1.54) is 0 Å². The van der Waals surface area contributed by atoms with E-state index in [0.29, 0.717) is 34.6 Å². The normalized spacial score (nSPS) is 13.6. The van der Waals surface area contributed by atoms with Crippen molar-refractivity contribution < 1.29 is 13.6 Å². The largest absolute Gasteiger partial charge is 0.355 e. The van der Waals surface area contributed by atoms with Crippen molar-refractivity contribution in [1.29, 1.82) is 0 Å². The third-order valence-electron chi connectivity index (χ3n) is 6.47. The molecule has 0 aliphatic carbocycles. The minimum absolute atomic E-state index is 0.0257. The van der Waals surface area contributed by atoms with Gasteiger partial charge in [0.25, 0.3) is 12.3 Å². The van der Waals surface area contributed by atoms with Gasteiger partial charge in [-0.1, -0.05) is 0 Å². The molecule has 1 aliphatic heterocycles. The number of carbonyl (C=O) groups is 1. The van der Waals surface area contributed by atoms with Crippen LogP contribution in [-0.4, -0.2) is 38.8 Å². The van der Waals surface area contributed by atoms with Gasteiger partial charge in [-0.05, 0) is 54.7 Å². The Balaban J connectivity index is 1.68. The van der Waals surface area contributed by atoms with Crippen molar-refractivity contribution in [1.82, 2.24) is 24.6 Å². The lowest BCUT2D eigenvalue weighted by molar-refractivity contribution is 0.0964. The van der Waals surface area contributed by atoms with Gasteiger partial charge in [-0.2, -0.15) is 5.10 Å². The standard InChI is InChI=1S/C25H26F2N6O/c1-14-8-21(30-22-19(25(34)28-2)13-31(3)23(14)22)33-7-5-6-15-9-17(16-11-29-32(4)12-16)18(24(26)27)10-20(15)33/h8-13,24H,5-7H2,1-4H3,(H,28,34). The lowest BCUT2D eigenvalue weighted by atomic mass is 9.93. The number of carbonyl (C=O) groups excluding carboxylic acids is 1. The number of aryl methyl sites for hydroxylation is 4. The van der Waals surface area contributed by atoms with E-state index in [2.05, 4.69) is 10.4 Å². The molecule has 34 heavy (non-hydrogen) atoms. The second kappa shape index (κ2) is 8.23. The number of nitrogens with zero attached hydrogens (tertiary/aromatic N) is 5. The highest BCUT2D eigenvalue weighted by Crippen LogP contribution is 2.41. The van der Waals surface area contributed by atoms with Crippen LogP contribution in [0.4, 0.5) is 20.3 Å². The zero-order valence-corrected chi connectivity index (χ0v) is 19.6. The van der Waals surface area contributed by atoms with Crippen molar-refractivity contribution in [3.63, 3.8) is 0 Å². The van der Waals surface area contributed by atoms with E-state index in [0.717, 1.165) is 35.2 Å². The van der Waals surface area contributed by atoms with Crippen LogP contribution in [0.1, 0.15) is 39.9 Å². The van der Waals surface area contributed by atoms with E-state index in [-0.39, 0.29) is 11.5 Å². The van der Waals surface area contributed by atoms with Crippen LogP contribution in [0.25, 0.3) is 22.2 Å². The molecule has 1 aromatic carbocycles. The Labute approximate surface area is 196 Å². The van der Waals surface area contributed by atoms with Crippen molar-refractivity contribution in [2.45, 2.75) is 26.2 Å². The van der Waals surface area contributed by atoms with Gasteiger partial charge in [0, 0.05) is 56.9 Å². The van der Waals surface area contributed by atoms with Crippen LogP contribution in [0.3, 0.4) is 0 Å². The summed E-state index contributed by atoms with van der Waals surface area (Å²) < 4.78 is 31.8. The zero-order valence-electron chi connectivity index (χ0n) is 19.6. The van der Waals surface area contributed by atoms with Crippen molar-refractivity contribution in [2.75, 3.05) is 18.5 Å². The average molecular weight is 465 g/mol. The van der Waals surface area contributed by atoms with Crippen molar-refractivity contribution in [3.05, 3.63) is 59.0 Å². The Kier molecular flexibility index (Phi) is 5.34. The van der Waals surface area contributed by atoms with Gasteiger partial charge < -0.3 is 14.8 Å². The van der Waals surface area contributed by atoms with Gasteiger partial charge in [-0.15, -0.1) is 0 Å². The summed E-state index contributed by atoms with van der Waals surface area (Å²) in [6.07, 6.45) is 4.16. The Bertz CT molecular complexity index is 1420. The smallest absolute Gasteiger partial charge is 0.264 e. The molecule has 0 bridgehead atoms. The summed E-state index contributed by atoms with van der Waals surface area (Å²) >= 11 is 0. The molecule has 0 atom stereocenters. The van der Waals surface area contributed by atoms with E-state index in [1.807, 2.05) is 35.6 Å². The Hall–Kier alpha value is -3.75. The van der Waals surface area contributed by atoms with Gasteiger partial charge in [0.1, 0.15) is 11.3 Å². The molecule has 0 saturated heterocycles. The molecule has 0 radical (unpaired) electrons. The molecule has 9 heteroatoms. The monoisotopic (exact) mass is 464 g/mol. The Morgan fingerprint density at radius 1 is 1.18 bits per heavy atom. The molecular weight excluding hydrogens is 438 g/mol. The fourth-order valence-corrected chi connectivity index (χ4v) is 4.92. The maximum atomic E-state index is 14.2. The minimum atomic E-state index is -2.63. The summed E-state index contributed by atoms with van der Waals surface area (Å²) in [6, 6.07) is 5.42. The molecule has 4 heterocycles. The highest BCUT2D eigenvalue weighted by Gasteiger charge is 2.26. The second-order valence-electron chi connectivity index (χ2n) is 8.75. The van der Waals surface area contributed by atoms with E-state index < -0.39 is 6.43 Å². The maximum Gasteiger partial charge on any atom is 0.264 e. The zero-order chi connectivity index (χ0) is 24.1. The topological polar surface area (TPSA) is 68.0 Å². The third-order valence-corrected chi connectivity index (χ3v) is 6.47. The highest BCUT2D eigenvalue weighted by molar-refractivity contribution is 6.06. The molecular formula is C25H26F2N6O. The molecule has 0 fully saturated rings. The van der Waals surface area contributed by atoms with Gasteiger partial charge in [-0.3, -0.25) is 9.48 Å². The average Bonchev–Trinajstić information content (AvgIpc) is 3.40. The number of fused-ring (bicyclic) bond motifs is 2. The van der Waals surface area contributed by atoms with E-state index >= 15 is 0 Å². The molecule has 4 aromatic rings. The molecule has 1 aliphatic rings. The predicted molar refractivity (Wildman–Crippen MR) is 128 cm³/mol. The molecule has 5 rings (SSSR count). The molecule has 0 unspecified atom stereocenters. The van der Waals surface area contributed by atoms with Crippen LogP contribution in [0.2, 0.25) is 0 Å². The molecule has 3 aromatic heterocycles. The first-order chi connectivity index (χ1) is 16.3. The van der Waals surface area contributed by atoms with E-state index in [4.69, 9.17) is 4.98 Å². The fraction of sp³-hybridized carbons (Fsp3) is 0.320. The van der Waals surface area contributed by atoms with Crippen LogP contribution >= 0.6 is 0 Å². The van der Waals surface area contributed by atoms with Crippen LogP contribution in [0.15, 0.2) is 36.8 Å². The van der Waals surface area contributed by atoms with Gasteiger partial charge >= 0.3 is 0 Å². The van der Waals surface area contributed by atoms with Crippen LogP contribution in [0, 0.1) is 6.92 Å². The lowest BCUT2D eigenvalue weighted by Gasteiger charge is -2.32.